The number of rotatable bonds is 3. The van der Waals surface area contributed by atoms with Crippen LogP contribution in [-0.4, -0.2) is 56.3 Å². The van der Waals surface area contributed by atoms with E-state index in [0.717, 1.165) is 19.3 Å². The molecule has 0 aromatic carbocycles. The van der Waals surface area contributed by atoms with Crippen molar-refractivity contribution in [1.29, 1.82) is 0 Å². The highest BCUT2D eigenvalue weighted by atomic mass is 28.4. The van der Waals surface area contributed by atoms with E-state index in [-0.39, 0.29) is 22.8 Å². The molecule has 5 nitrogen and oxygen atoms in total. The third-order valence-electron chi connectivity index (χ3n) is 5.78. The van der Waals surface area contributed by atoms with Crippen LogP contribution in [0.1, 0.15) is 60.8 Å². The molecule has 2 heterocycles. The molecule has 2 aliphatic heterocycles. The second kappa shape index (κ2) is 6.85. The molecule has 0 radical (unpaired) electrons. The lowest BCUT2D eigenvalue weighted by Crippen LogP contribution is -2.59. The minimum Gasteiger partial charge on any atom is -0.444 e. The molecule has 1 spiro atoms. The van der Waals surface area contributed by atoms with Gasteiger partial charge in [-0.05, 0) is 51.7 Å². The first kappa shape index (κ1) is 20.7. The van der Waals surface area contributed by atoms with E-state index < -0.39 is 13.9 Å². The van der Waals surface area contributed by atoms with Gasteiger partial charge in [-0.15, -0.1) is 0 Å². The molecule has 1 amide bonds. The second-order valence-corrected chi connectivity index (χ2v) is 15.0. The Kier molecular flexibility index (Phi) is 5.68. The van der Waals surface area contributed by atoms with Gasteiger partial charge in [-0.25, -0.2) is 4.79 Å². The summed E-state index contributed by atoms with van der Waals surface area (Å²) in [4.78, 5) is 14.0. The van der Waals surface area contributed by atoms with Gasteiger partial charge in [0.2, 0.25) is 0 Å². The van der Waals surface area contributed by atoms with Crippen molar-refractivity contribution in [2.24, 2.45) is 0 Å². The van der Waals surface area contributed by atoms with Crippen molar-refractivity contribution in [3.8, 4) is 0 Å². The third-order valence-corrected chi connectivity index (χ3v) is 10.3. The lowest BCUT2D eigenvalue weighted by molar-refractivity contribution is -0.232. The van der Waals surface area contributed by atoms with Gasteiger partial charge in [0.1, 0.15) is 5.60 Å². The Hall–Kier alpha value is -0.593. The first-order valence-electron chi connectivity index (χ1n) is 9.53. The average Bonchev–Trinajstić information content (AvgIpc) is 2.40. The molecule has 1 atom stereocenters. The smallest absolute Gasteiger partial charge is 0.410 e. The number of hydrogen-bond donors (Lipinski definition) is 0. The van der Waals surface area contributed by atoms with Gasteiger partial charge in [0.25, 0.3) is 0 Å². The number of carbonyl (C=O) groups excluding carboxylic acids is 1. The molecule has 0 saturated carbocycles. The van der Waals surface area contributed by atoms with E-state index in [0.29, 0.717) is 19.7 Å². The van der Waals surface area contributed by atoms with Gasteiger partial charge in [-0.2, -0.15) is 0 Å². The second-order valence-electron chi connectivity index (χ2n) is 10.2. The van der Waals surface area contributed by atoms with Crippen molar-refractivity contribution < 1.29 is 18.7 Å². The van der Waals surface area contributed by atoms with Crippen LogP contribution in [0.4, 0.5) is 4.79 Å². The summed E-state index contributed by atoms with van der Waals surface area (Å²) in [5.41, 5.74) is -0.481. The molecule has 2 saturated heterocycles. The minimum atomic E-state index is -1.71. The SMILES string of the molecule is CC(C)(C)OC(=O)N1CCC2(CC1)CC(CO[Si](C)(C)C(C)(C)C)O2. The van der Waals surface area contributed by atoms with Gasteiger partial charge in [0.15, 0.2) is 8.32 Å². The maximum atomic E-state index is 12.1. The van der Waals surface area contributed by atoms with Gasteiger partial charge < -0.3 is 18.8 Å². The Morgan fingerprint density at radius 1 is 1.16 bits per heavy atom. The Morgan fingerprint density at radius 3 is 2.12 bits per heavy atom. The molecule has 0 aromatic heterocycles. The van der Waals surface area contributed by atoms with Gasteiger partial charge in [-0.3, -0.25) is 0 Å². The molecule has 146 valence electrons. The standard InChI is InChI=1S/C19H37NO4Si/c1-17(2,3)24-16(21)20-11-9-19(10-12-20)13-15(23-19)14-22-25(7,8)18(4,5)6/h15H,9-14H2,1-8H3. The van der Waals surface area contributed by atoms with Crippen LogP contribution in [0.2, 0.25) is 18.1 Å². The Labute approximate surface area is 154 Å². The van der Waals surface area contributed by atoms with Crippen molar-refractivity contribution in [1.82, 2.24) is 4.90 Å². The third kappa shape index (κ3) is 5.20. The number of nitrogens with zero attached hydrogens (tertiary/aromatic N) is 1. The van der Waals surface area contributed by atoms with E-state index >= 15 is 0 Å². The van der Waals surface area contributed by atoms with Crippen LogP contribution in [0.25, 0.3) is 0 Å². The minimum absolute atomic E-state index is 0.0417. The summed E-state index contributed by atoms with van der Waals surface area (Å²) in [6.45, 7) is 19.2. The summed E-state index contributed by atoms with van der Waals surface area (Å²) >= 11 is 0. The van der Waals surface area contributed by atoms with Crippen LogP contribution >= 0.6 is 0 Å². The highest BCUT2D eigenvalue weighted by Crippen LogP contribution is 2.43. The summed E-state index contributed by atoms with van der Waals surface area (Å²) in [7, 11) is -1.71. The monoisotopic (exact) mass is 371 g/mol. The number of piperidine rings is 1. The molecule has 2 rings (SSSR count). The Balaban J connectivity index is 1.74. The van der Waals surface area contributed by atoms with E-state index in [1.54, 1.807) is 4.90 Å². The maximum Gasteiger partial charge on any atom is 0.410 e. The number of likely N-dealkylation sites (tertiary alicyclic amines) is 1. The molecule has 0 aromatic rings. The molecule has 0 bridgehead atoms. The van der Waals surface area contributed by atoms with Crippen LogP contribution in [0, 0.1) is 0 Å². The van der Waals surface area contributed by atoms with Crippen molar-refractivity contribution in [2.75, 3.05) is 19.7 Å². The number of hydrogen-bond acceptors (Lipinski definition) is 4. The summed E-state index contributed by atoms with van der Waals surface area (Å²) in [5, 5.41) is 0.229. The quantitative estimate of drug-likeness (QED) is 0.682. The van der Waals surface area contributed by atoms with Crippen molar-refractivity contribution in [3.05, 3.63) is 0 Å². The first-order chi connectivity index (χ1) is 11.2. The summed E-state index contributed by atoms with van der Waals surface area (Å²) < 4.78 is 18.0. The highest BCUT2D eigenvalue weighted by molar-refractivity contribution is 6.74. The van der Waals surface area contributed by atoms with E-state index in [1.165, 1.54) is 0 Å². The Bertz CT molecular complexity index is 477. The molecule has 1 unspecified atom stereocenters. The van der Waals surface area contributed by atoms with Crippen LogP contribution in [0.5, 0.6) is 0 Å². The zero-order valence-corrected chi connectivity index (χ0v) is 18.4. The molecule has 0 N–H and O–H groups in total. The Morgan fingerprint density at radius 2 is 1.68 bits per heavy atom. The molecule has 6 heteroatoms. The molecule has 0 aliphatic carbocycles. The molecular weight excluding hydrogens is 334 g/mol. The highest BCUT2D eigenvalue weighted by Gasteiger charge is 2.49. The molecule has 2 aliphatic rings. The summed E-state index contributed by atoms with van der Waals surface area (Å²) in [6, 6.07) is 0. The fraction of sp³-hybridized carbons (Fsp3) is 0.947. The van der Waals surface area contributed by atoms with Crippen LogP contribution in [0.15, 0.2) is 0 Å². The van der Waals surface area contributed by atoms with Crippen molar-refractivity contribution in [3.63, 3.8) is 0 Å². The topological polar surface area (TPSA) is 48.0 Å². The largest absolute Gasteiger partial charge is 0.444 e. The normalized spacial score (nSPS) is 24.2. The number of ether oxygens (including phenoxy) is 2. The molecular formula is C19H37NO4Si. The van der Waals surface area contributed by atoms with E-state index in [4.69, 9.17) is 13.9 Å². The zero-order valence-electron chi connectivity index (χ0n) is 17.4. The first-order valence-corrected chi connectivity index (χ1v) is 12.4. The van der Waals surface area contributed by atoms with Crippen LogP contribution in [-0.2, 0) is 13.9 Å². The average molecular weight is 372 g/mol. The van der Waals surface area contributed by atoms with Crippen LogP contribution in [0.3, 0.4) is 0 Å². The summed E-state index contributed by atoms with van der Waals surface area (Å²) in [5.74, 6) is 0. The number of amides is 1. The summed E-state index contributed by atoms with van der Waals surface area (Å²) in [6.07, 6.45) is 2.83. The fourth-order valence-corrected chi connectivity index (χ4v) is 4.15. The fourth-order valence-electron chi connectivity index (χ4n) is 3.11. The van der Waals surface area contributed by atoms with Crippen molar-refractivity contribution >= 4 is 14.4 Å². The van der Waals surface area contributed by atoms with Crippen LogP contribution < -0.4 is 0 Å². The lowest BCUT2D eigenvalue weighted by atomic mass is 9.81. The predicted octanol–water partition coefficient (Wildman–Crippen LogP) is 4.57. The van der Waals surface area contributed by atoms with Gasteiger partial charge >= 0.3 is 6.09 Å². The van der Waals surface area contributed by atoms with E-state index in [2.05, 4.69) is 33.9 Å². The van der Waals surface area contributed by atoms with Crippen molar-refractivity contribution in [2.45, 2.75) is 96.2 Å². The molecule has 25 heavy (non-hydrogen) atoms. The van der Waals surface area contributed by atoms with Gasteiger partial charge in [0.05, 0.1) is 18.3 Å². The van der Waals surface area contributed by atoms with E-state index in [1.807, 2.05) is 20.8 Å². The lowest BCUT2D eigenvalue weighted by Gasteiger charge is -2.52. The maximum absolute atomic E-state index is 12.1. The molecule has 2 fully saturated rings. The number of carbonyl (C=O) groups is 1. The van der Waals surface area contributed by atoms with E-state index in [9.17, 15) is 4.79 Å². The van der Waals surface area contributed by atoms with Gasteiger partial charge in [0, 0.05) is 19.5 Å². The zero-order chi connectivity index (χ0) is 19.1. The predicted molar refractivity (Wildman–Crippen MR) is 102 cm³/mol. The van der Waals surface area contributed by atoms with Gasteiger partial charge in [-0.1, -0.05) is 20.8 Å².